The molecule has 0 atom stereocenters. The fourth-order valence-electron chi connectivity index (χ4n) is 2.62. The fourth-order valence-corrected chi connectivity index (χ4v) is 2.62. The SMILES string of the molecule is Cn1ccc(C(=O)NCCCCCNC(=O)c2ccn(C)c(=O)c2O)c(O)c1=O. The number of nitrogens with one attached hydrogen (secondary N) is 2. The zero-order valence-electron chi connectivity index (χ0n) is 16.3. The summed E-state index contributed by atoms with van der Waals surface area (Å²) in [7, 11) is 2.95. The Kier molecular flexibility index (Phi) is 7.18. The minimum atomic E-state index is -0.643. The Morgan fingerprint density at radius 2 is 1.17 bits per heavy atom. The summed E-state index contributed by atoms with van der Waals surface area (Å²) in [5.74, 6) is -2.24. The number of hydrogen-bond acceptors (Lipinski definition) is 6. The van der Waals surface area contributed by atoms with Gasteiger partial charge in [0, 0.05) is 39.6 Å². The molecule has 0 bridgehead atoms. The number of hydrogen-bond donors (Lipinski definition) is 4. The summed E-state index contributed by atoms with van der Waals surface area (Å²) in [4.78, 5) is 47.3. The molecule has 2 rings (SSSR count). The molecule has 156 valence electrons. The van der Waals surface area contributed by atoms with Gasteiger partial charge in [0.15, 0.2) is 11.5 Å². The van der Waals surface area contributed by atoms with Crippen molar-refractivity contribution in [1.29, 1.82) is 0 Å². The summed E-state index contributed by atoms with van der Waals surface area (Å²) < 4.78 is 2.35. The molecule has 10 heteroatoms. The van der Waals surface area contributed by atoms with E-state index in [-0.39, 0.29) is 11.1 Å². The van der Waals surface area contributed by atoms with E-state index in [0.29, 0.717) is 32.4 Å². The van der Waals surface area contributed by atoms with Gasteiger partial charge in [-0.25, -0.2) is 0 Å². The van der Waals surface area contributed by atoms with Gasteiger partial charge < -0.3 is 30.0 Å². The topological polar surface area (TPSA) is 143 Å². The first-order valence-electron chi connectivity index (χ1n) is 9.07. The summed E-state index contributed by atoms with van der Waals surface area (Å²) in [5.41, 5.74) is -1.44. The lowest BCUT2D eigenvalue weighted by atomic mass is 10.2. The lowest BCUT2D eigenvalue weighted by Crippen LogP contribution is -2.28. The standard InChI is InChI=1S/C19H24N4O6/c1-22-10-6-12(14(24)18(22)28)16(26)20-8-4-3-5-9-21-17(27)13-7-11-23(2)19(29)15(13)25/h6-7,10-11,24-25H,3-5,8-9H2,1-2H3,(H,20,26)(H,21,27). The van der Waals surface area contributed by atoms with Crippen LogP contribution in [0.15, 0.2) is 34.1 Å². The summed E-state index contributed by atoms with van der Waals surface area (Å²) in [6, 6.07) is 2.74. The highest BCUT2D eigenvalue weighted by Gasteiger charge is 2.15. The minimum Gasteiger partial charge on any atom is -0.502 e. The highest BCUT2D eigenvalue weighted by molar-refractivity contribution is 5.97. The second-order valence-electron chi connectivity index (χ2n) is 6.56. The van der Waals surface area contributed by atoms with Crippen molar-refractivity contribution in [3.63, 3.8) is 0 Å². The molecule has 0 saturated carbocycles. The molecule has 2 aromatic rings. The van der Waals surface area contributed by atoms with Crippen molar-refractivity contribution in [2.45, 2.75) is 19.3 Å². The van der Waals surface area contributed by atoms with Crippen molar-refractivity contribution >= 4 is 11.8 Å². The average molecular weight is 404 g/mol. The molecule has 0 radical (unpaired) electrons. The quantitative estimate of drug-likeness (QED) is 0.450. The Morgan fingerprint density at radius 1 is 0.793 bits per heavy atom. The summed E-state index contributed by atoms with van der Waals surface area (Å²) in [6.07, 6.45) is 4.76. The summed E-state index contributed by atoms with van der Waals surface area (Å²) in [5, 5.41) is 24.7. The van der Waals surface area contributed by atoms with Crippen molar-refractivity contribution in [2.24, 2.45) is 14.1 Å². The molecule has 0 aromatic carbocycles. The van der Waals surface area contributed by atoms with Gasteiger partial charge in [-0.15, -0.1) is 0 Å². The van der Waals surface area contributed by atoms with Gasteiger partial charge in [0.2, 0.25) is 0 Å². The van der Waals surface area contributed by atoms with Crippen molar-refractivity contribution in [1.82, 2.24) is 19.8 Å². The second kappa shape index (κ2) is 9.58. The van der Waals surface area contributed by atoms with Crippen LogP contribution in [0.1, 0.15) is 40.0 Å². The molecule has 0 aliphatic rings. The fraction of sp³-hybridized carbons (Fsp3) is 0.368. The summed E-state index contributed by atoms with van der Waals surface area (Å²) >= 11 is 0. The molecule has 0 spiro atoms. The lowest BCUT2D eigenvalue weighted by molar-refractivity contribution is 0.0944. The van der Waals surface area contributed by atoms with Gasteiger partial charge in [0.25, 0.3) is 22.9 Å². The molecule has 2 amide bonds. The highest BCUT2D eigenvalue weighted by Crippen LogP contribution is 2.11. The molecule has 0 aliphatic carbocycles. The Balaban J connectivity index is 1.70. The number of nitrogens with zero attached hydrogens (tertiary/aromatic N) is 2. The smallest absolute Gasteiger partial charge is 0.293 e. The predicted octanol–water partition coefficient (Wildman–Crippen LogP) is -0.175. The number of carbonyl (C=O) groups excluding carboxylic acids is 2. The maximum absolute atomic E-state index is 12.0. The van der Waals surface area contributed by atoms with E-state index in [0.717, 1.165) is 0 Å². The Labute approximate surface area is 166 Å². The van der Waals surface area contributed by atoms with E-state index >= 15 is 0 Å². The normalized spacial score (nSPS) is 10.6. The number of aromatic hydroxyl groups is 2. The molecule has 0 aliphatic heterocycles. The van der Waals surface area contributed by atoms with Crippen molar-refractivity contribution in [3.8, 4) is 11.5 Å². The first-order chi connectivity index (χ1) is 13.7. The number of carbonyl (C=O) groups is 2. The van der Waals surface area contributed by atoms with Gasteiger partial charge in [-0.05, 0) is 31.4 Å². The molecule has 0 fully saturated rings. The zero-order valence-corrected chi connectivity index (χ0v) is 16.3. The van der Waals surface area contributed by atoms with Gasteiger partial charge in [-0.3, -0.25) is 19.2 Å². The van der Waals surface area contributed by atoms with Gasteiger partial charge in [0.05, 0.1) is 11.1 Å². The van der Waals surface area contributed by atoms with Crippen LogP contribution in [0.4, 0.5) is 0 Å². The second-order valence-corrected chi connectivity index (χ2v) is 6.56. The Bertz CT molecular complexity index is 943. The molecule has 0 saturated heterocycles. The maximum Gasteiger partial charge on any atom is 0.293 e. The molecule has 29 heavy (non-hydrogen) atoms. The Morgan fingerprint density at radius 3 is 1.55 bits per heavy atom. The molecule has 4 N–H and O–H groups in total. The third-order valence-corrected chi connectivity index (χ3v) is 4.40. The Hall–Kier alpha value is -3.56. The van der Waals surface area contributed by atoms with Crippen LogP contribution in [0.2, 0.25) is 0 Å². The van der Waals surface area contributed by atoms with Crippen LogP contribution in [-0.2, 0) is 14.1 Å². The third-order valence-electron chi connectivity index (χ3n) is 4.40. The zero-order chi connectivity index (χ0) is 21.6. The number of aromatic nitrogens is 2. The van der Waals surface area contributed by atoms with Crippen LogP contribution in [-0.4, -0.2) is 44.3 Å². The predicted molar refractivity (Wildman–Crippen MR) is 105 cm³/mol. The first-order valence-corrected chi connectivity index (χ1v) is 9.07. The first kappa shape index (κ1) is 21.7. The number of aryl methyl sites for hydroxylation is 2. The van der Waals surface area contributed by atoms with Crippen molar-refractivity contribution < 1.29 is 19.8 Å². The van der Waals surface area contributed by atoms with Crippen LogP contribution in [0.3, 0.4) is 0 Å². The molecular formula is C19H24N4O6. The van der Waals surface area contributed by atoms with Gasteiger partial charge >= 0.3 is 0 Å². The van der Waals surface area contributed by atoms with Crippen LogP contribution < -0.4 is 21.8 Å². The monoisotopic (exact) mass is 404 g/mol. The van der Waals surface area contributed by atoms with Gasteiger partial charge in [-0.1, -0.05) is 0 Å². The van der Waals surface area contributed by atoms with Gasteiger partial charge in [-0.2, -0.15) is 0 Å². The largest absolute Gasteiger partial charge is 0.502 e. The number of unbranched alkanes of at least 4 members (excludes halogenated alkanes) is 2. The van der Waals surface area contributed by atoms with Gasteiger partial charge in [0.1, 0.15) is 0 Å². The van der Waals surface area contributed by atoms with E-state index in [1.807, 2.05) is 0 Å². The minimum absolute atomic E-state index is 0.0748. The van der Waals surface area contributed by atoms with E-state index in [1.165, 1.54) is 47.8 Å². The summed E-state index contributed by atoms with van der Waals surface area (Å²) in [6.45, 7) is 0.688. The number of amides is 2. The van der Waals surface area contributed by atoms with Crippen molar-refractivity contribution in [3.05, 3.63) is 56.4 Å². The van der Waals surface area contributed by atoms with E-state index < -0.39 is 34.4 Å². The molecule has 2 aromatic heterocycles. The van der Waals surface area contributed by atoms with E-state index in [4.69, 9.17) is 0 Å². The molecule has 2 heterocycles. The maximum atomic E-state index is 12.0. The molecule has 10 nitrogen and oxygen atoms in total. The van der Waals surface area contributed by atoms with Crippen LogP contribution >= 0.6 is 0 Å². The molecule has 0 unspecified atom stereocenters. The van der Waals surface area contributed by atoms with Crippen molar-refractivity contribution in [2.75, 3.05) is 13.1 Å². The van der Waals surface area contributed by atoms with Crippen LogP contribution in [0.5, 0.6) is 11.5 Å². The third kappa shape index (κ3) is 5.24. The average Bonchev–Trinajstić information content (AvgIpc) is 2.69. The van der Waals surface area contributed by atoms with Crippen LogP contribution in [0, 0.1) is 0 Å². The lowest BCUT2D eigenvalue weighted by Gasteiger charge is -2.09. The highest BCUT2D eigenvalue weighted by atomic mass is 16.3. The number of pyridine rings is 2. The van der Waals surface area contributed by atoms with Crippen LogP contribution in [0.25, 0.3) is 0 Å². The van der Waals surface area contributed by atoms with E-state index in [9.17, 15) is 29.4 Å². The van der Waals surface area contributed by atoms with E-state index in [2.05, 4.69) is 10.6 Å². The molecular weight excluding hydrogens is 380 g/mol. The number of rotatable bonds is 8. The van der Waals surface area contributed by atoms with E-state index in [1.54, 1.807) is 0 Å².